The van der Waals surface area contributed by atoms with Gasteiger partial charge in [0.05, 0.1) is 10.6 Å². The van der Waals surface area contributed by atoms with E-state index in [1.165, 1.54) is 11.8 Å². The van der Waals surface area contributed by atoms with Gasteiger partial charge in [-0.25, -0.2) is 0 Å². The number of anilines is 2. The van der Waals surface area contributed by atoms with Crippen LogP contribution in [0.4, 0.5) is 11.4 Å². The van der Waals surface area contributed by atoms with E-state index in [2.05, 4.69) is 4.99 Å². The highest BCUT2D eigenvalue weighted by atomic mass is 35.5. The summed E-state index contributed by atoms with van der Waals surface area (Å²) in [6.45, 7) is 3.99. The number of carbonyl (C=O) groups excluding carboxylic acids is 1. The maximum absolute atomic E-state index is 13.1. The molecule has 0 saturated carbocycles. The van der Waals surface area contributed by atoms with Crippen LogP contribution in [0.5, 0.6) is 0 Å². The van der Waals surface area contributed by atoms with Crippen LogP contribution in [-0.2, 0) is 4.79 Å². The van der Waals surface area contributed by atoms with E-state index in [0.717, 1.165) is 16.9 Å². The molecule has 3 rings (SSSR count). The first-order valence-electron chi connectivity index (χ1n) is 8.70. The average molecular weight is 400 g/mol. The number of nitrogens with zero attached hydrogens (tertiary/aromatic N) is 3. The molecule has 1 fully saturated rings. The Kier molecular flexibility index (Phi) is 5.92. The minimum Gasteiger partial charge on any atom is -0.378 e. The van der Waals surface area contributed by atoms with E-state index >= 15 is 0 Å². The molecule has 0 aromatic heterocycles. The van der Waals surface area contributed by atoms with Crippen molar-refractivity contribution >= 4 is 51.9 Å². The molecule has 0 atom stereocenters. The van der Waals surface area contributed by atoms with E-state index in [-0.39, 0.29) is 11.9 Å². The Morgan fingerprint density at radius 3 is 2.44 bits per heavy atom. The molecule has 1 amide bonds. The van der Waals surface area contributed by atoms with Gasteiger partial charge in [0, 0.05) is 30.8 Å². The number of aliphatic imine (C=N–C) groups is 1. The first-order chi connectivity index (χ1) is 12.8. The highest BCUT2D eigenvalue weighted by molar-refractivity contribution is 8.19. The Bertz CT molecular complexity index is 904. The van der Waals surface area contributed by atoms with Crippen molar-refractivity contribution in [3.05, 3.63) is 64.0 Å². The van der Waals surface area contributed by atoms with Crippen LogP contribution in [0.1, 0.15) is 19.4 Å². The molecule has 0 aliphatic carbocycles. The first-order valence-corrected chi connectivity index (χ1v) is 9.89. The van der Waals surface area contributed by atoms with E-state index in [9.17, 15) is 4.79 Å². The number of amidine groups is 1. The Hall–Kier alpha value is -2.24. The molecule has 2 aromatic rings. The summed E-state index contributed by atoms with van der Waals surface area (Å²) in [4.78, 5) is 22.1. The lowest BCUT2D eigenvalue weighted by atomic mass is 10.2. The number of hydrogen-bond acceptors (Lipinski definition) is 4. The minimum absolute atomic E-state index is 0.0840. The Morgan fingerprint density at radius 2 is 1.85 bits per heavy atom. The predicted octanol–water partition coefficient (Wildman–Crippen LogP) is 5.29. The molecule has 1 saturated heterocycles. The lowest BCUT2D eigenvalue weighted by Crippen LogP contribution is -2.29. The van der Waals surface area contributed by atoms with Gasteiger partial charge in [0.15, 0.2) is 5.17 Å². The fourth-order valence-corrected chi connectivity index (χ4v) is 3.94. The molecule has 0 N–H and O–H groups in total. The third-order valence-electron chi connectivity index (χ3n) is 3.95. The molecule has 0 radical (unpaired) electrons. The summed E-state index contributed by atoms with van der Waals surface area (Å²) in [5.41, 5.74) is 2.82. The van der Waals surface area contributed by atoms with Crippen molar-refractivity contribution in [3.8, 4) is 0 Å². The van der Waals surface area contributed by atoms with Gasteiger partial charge in [-0.3, -0.25) is 14.7 Å². The second-order valence-corrected chi connectivity index (χ2v) is 8.17. The van der Waals surface area contributed by atoms with Crippen molar-refractivity contribution in [2.75, 3.05) is 23.9 Å². The summed E-state index contributed by atoms with van der Waals surface area (Å²) < 4.78 is 0. The number of carbonyl (C=O) groups is 1. The Labute approximate surface area is 169 Å². The van der Waals surface area contributed by atoms with Gasteiger partial charge in [-0.1, -0.05) is 29.8 Å². The van der Waals surface area contributed by atoms with Gasteiger partial charge in [0.1, 0.15) is 0 Å². The molecular formula is C21H22ClN3OS. The average Bonchev–Trinajstić information content (AvgIpc) is 2.90. The van der Waals surface area contributed by atoms with Crippen LogP contribution < -0.4 is 9.80 Å². The topological polar surface area (TPSA) is 35.9 Å². The normalized spacial score (nSPS) is 17.4. The number of benzene rings is 2. The summed E-state index contributed by atoms with van der Waals surface area (Å²) in [6.07, 6.45) is 1.91. The van der Waals surface area contributed by atoms with Gasteiger partial charge in [-0.2, -0.15) is 0 Å². The molecule has 0 bridgehead atoms. The van der Waals surface area contributed by atoms with Crippen LogP contribution in [0.3, 0.4) is 0 Å². The van der Waals surface area contributed by atoms with Crippen LogP contribution in [0.15, 0.2) is 58.4 Å². The molecule has 4 nitrogen and oxygen atoms in total. The zero-order valence-corrected chi connectivity index (χ0v) is 17.4. The molecule has 2 aromatic carbocycles. The molecule has 6 heteroatoms. The zero-order valence-electron chi connectivity index (χ0n) is 15.8. The molecular weight excluding hydrogens is 378 g/mol. The monoisotopic (exact) mass is 399 g/mol. The maximum Gasteiger partial charge on any atom is 0.271 e. The van der Waals surface area contributed by atoms with Crippen molar-refractivity contribution in [3.63, 3.8) is 0 Å². The SMILES string of the molecule is CC(C)N=C1S/C(=C\c2ccc(N(C)C)cc2)C(=O)N1c1cccc(Cl)c1. The summed E-state index contributed by atoms with van der Waals surface area (Å²) >= 11 is 7.52. The fraction of sp³-hybridized carbons (Fsp3) is 0.238. The molecule has 0 unspecified atom stereocenters. The smallest absolute Gasteiger partial charge is 0.271 e. The molecule has 0 spiro atoms. The van der Waals surface area contributed by atoms with Gasteiger partial charge in [0.25, 0.3) is 5.91 Å². The van der Waals surface area contributed by atoms with Gasteiger partial charge < -0.3 is 4.90 Å². The summed E-state index contributed by atoms with van der Waals surface area (Å²) in [5, 5.41) is 1.26. The van der Waals surface area contributed by atoms with E-state index in [0.29, 0.717) is 15.1 Å². The van der Waals surface area contributed by atoms with Crippen LogP contribution >= 0.6 is 23.4 Å². The van der Waals surface area contributed by atoms with Crippen molar-refractivity contribution < 1.29 is 4.79 Å². The van der Waals surface area contributed by atoms with E-state index in [1.807, 2.05) is 75.3 Å². The lowest BCUT2D eigenvalue weighted by Gasteiger charge is -2.16. The lowest BCUT2D eigenvalue weighted by molar-refractivity contribution is -0.113. The third-order valence-corrected chi connectivity index (χ3v) is 5.17. The number of thioether (sulfide) groups is 1. The second kappa shape index (κ2) is 8.19. The highest BCUT2D eigenvalue weighted by Gasteiger charge is 2.34. The molecule has 1 aliphatic rings. The van der Waals surface area contributed by atoms with Crippen LogP contribution in [0.25, 0.3) is 6.08 Å². The summed E-state index contributed by atoms with van der Waals surface area (Å²) in [7, 11) is 4.00. The quantitative estimate of drug-likeness (QED) is 0.655. The highest BCUT2D eigenvalue weighted by Crippen LogP contribution is 2.37. The maximum atomic E-state index is 13.1. The Balaban J connectivity index is 1.97. The molecule has 1 aliphatic heterocycles. The minimum atomic E-state index is -0.0849. The Morgan fingerprint density at radius 1 is 1.15 bits per heavy atom. The van der Waals surface area contributed by atoms with Crippen molar-refractivity contribution in [1.82, 2.24) is 0 Å². The van der Waals surface area contributed by atoms with Crippen LogP contribution in [0, 0.1) is 0 Å². The molecule has 27 heavy (non-hydrogen) atoms. The van der Waals surface area contributed by atoms with Crippen LogP contribution in [-0.4, -0.2) is 31.2 Å². The van der Waals surface area contributed by atoms with Gasteiger partial charge in [-0.05, 0) is 67.6 Å². The summed E-state index contributed by atoms with van der Waals surface area (Å²) in [5.74, 6) is -0.0849. The molecule has 140 valence electrons. The van der Waals surface area contributed by atoms with Crippen molar-refractivity contribution in [2.24, 2.45) is 4.99 Å². The van der Waals surface area contributed by atoms with Crippen molar-refractivity contribution in [2.45, 2.75) is 19.9 Å². The van der Waals surface area contributed by atoms with Gasteiger partial charge in [-0.15, -0.1) is 0 Å². The van der Waals surface area contributed by atoms with Gasteiger partial charge in [0.2, 0.25) is 0 Å². The summed E-state index contributed by atoms with van der Waals surface area (Å²) in [6, 6.07) is 15.5. The molecule has 1 heterocycles. The van der Waals surface area contributed by atoms with E-state index in [1.54, 1.807) is 17.0 Å². The number of hydrogen-bond donors (Lipinski definition) is 0. The predicted molar refractivity (Wildman–Crippen MR) is 118 cm³/mol. The van der Waals surface area contributed by atoms with E-state index < -0.39 is 0 Å². The number of amides is 1. The van der Waals surface area contributed by atoms with Gasteiger partial charge >= 0.3 is 0 Å². The van der Waals surface area contributed by atoms with Crippen molar-refractivity contribution in [1.29, 1.82) is 0 Å². The van der Waals surface area contributed by atoms with E-state index in [4.69, 9.17) is 11.6 Å². The second-order valence-electron chi connectivity index (χ2n) is 6.72. The van der Waals surface area contributed by atoms with Crippen LogP contribution in [0.2, 0.25) is 5.02 Å². The zero-order chi connectivity index (χ0) is 19.6. The number of halogens is 1. The standard InChI is InChI=1S/C21H22ClN3OS/c1-14(2)23-21-25(18-7-5-6-16(22)13-18)20(26)19(27-21)12-15-8-10-17(11-9-15)24(3)4/h5-14H,1-4H3/b19-12-,23-21?. The first kappa shape index (κ1) is 19.5. The fourth-order valence-electron chi connectivity index (χ4n) is 2.64. The largest absolute Gasteiger partial charge is 0.378 e. The number of rotatable bonds is 4. The third kappa shape index (κ3) is 4.54.